The van der Waals surface area contributed by atoms with Crippen molar-refractivity contribution in [2.75, 3.05) is 27.2 Å². The van der Waals surface area contributed by atoms with Crippen molar-refractivity contribution in [2.24, 2.45) is 0 Å². The molecule has 1 aromatic rings. The van der Waals surface area contributed by atoms with Gasteiger partial charge in [0.1, 0.15) is 5.82 Å². The van der Waals surface area contributed by atoms with Crippen LogP contribution >= 0.6 is 0 Å². The average molecular weight is 210 g/mol. The highest BCUT2D eigenvalue weighted by Crippen LogP contribution is 2.05. The summed E-state index contributed by atoms with van der Waals surface area (Å²) in [5, 5.41) is 2.65. The van der Waals surface area contributed by atoms with E-state index in [9.17, 15) is 9.18 Å². The van der Waals surface area contributed by atoms with Gasteiger partial charge in [-0.15, -0.1) is 0 Å². The number of carbonyl (C=O) groups excluding carboxylic acids is 1. The lowest BCUT2D eigenvalue weighted by Crippen LogP contribution is -2.31. The minimum absolute atomic E-state index is 0.0938. The van der Waals surface area contributed by atoms with Gasteiger partial charge in [0.2, 0.25) is 0 Å². The molecule has 0 saturated carbocycles. The molecule has 1 aromatic carbocycles. The molecule has 0 radical (unpaired) electrons. The fourth-order valence-electron chi connectivity index (χ4n) is 1.13. The van der Waals surface area contributed by atoms with Gasteiger partial charge in [-0.05, 0) is 26.2 Å². The van der Waals surface area contributed by atoms with Gasteiger partial charge in [-0.1, -0.05) is 12.1 Å². The molecule has 0 unspecified atom stereocenters. The first-order chi connectivity index (χ1) is 7.11. The summed E-state index contributed by atoms with van der Waals surface area (Å²) in [5.74, 6) is -0.852. The topological polar surface area (TPSA) is 32.3 Å². The van der Waals surface area contributed by atoms with Gasteiger partial charge in [0, 0.05) is 13.1 Å². The van der Waals surface area contributed by atoms with E-state index in [-0.39, 0.29) is 11.5 Å². The van der Waals surface area contributed by atoms with Crippen LogP contribution in [0.25, 0.3) is 0 Å². The third-order valence-electron chi connectivity index (χ3n) is 1.96. The maximum absolute atomic E-state index is 13.2. The molecule has 1 N–H and O–H groups in total. The van der Waals surface area contributed by atoms with Crippen molar-refractivity contribution in [3.63, 3.8) is 0 Å². The Kier molecular flexibility index (Phi) is 4.24. The van der Waals surface area contributed by atoms with Crippen molar-refractivity contribution >= 4 is 5.91 Å². The van der Waals surface area contributed by atoms with Crippen LogP contribution in [-0.4, -0.2) is 38.0 Å². The van der Waals surface area contributed by atoms with E-state index in [2.05, 4.69) is 5.32 Å². The molecule has 3 nitrogen and oxygen atoms in total. The zero-order valence-electron chi connectivity index (χ0n) is 8.96. The number of rotatable bonds is 4. The second kappa shape index (κ2) is 5.46. The number of benzene rings is 1. The SMILES string of the molecule is CN(C)CCNC(=O)c1ccccc1F. The van der Waals surface area contributed by atoms with E-state index in [1.165, 1.54) is 12.1 Å². The summed E-state index contributed by atoms with van der Waals surface area (Å²) in [6, 6.07) is 5.96. The Labute approximate surface area is 88.9 Å². The molecule has 0 bridgehead atoms. The Balaban J connectivity index is 2.51. The number of nitrogens with one attached hydrogen (secondary N) is 1. The van der Waals surface area contributed by atoms with Crippen LogP contribution in [-0.2, 0) is 0 Å². The standard InChI is InChI=1S/C11H15FN2O/c1-14(2)8-7-13-11(15)9-5-3-4-6-10(9)12/h3-6H,7-8H2,1-2H3,(H,13,15). The lowest BCUT2D eigenvalue weighted by molar-refractivity contribution is 0.0947. The van der Waals surface area contributed by atoms with Gasteiger partial charge in [-0.25, -0.2) is 4.39 Å². The first kappa shape index (κ1) is 11.7. The normalized spacial score (nSPS) is 10.4. The second-order valence-corrected chi connectivity index (χ2v) is 3.54. The lowest BCUT2D eigenvalue weighted by atomic mass is 10.2. The van der Waals surface area contributed by atoms with Crippen LogP contribution in [0.3, 0.4) is 0 Å². The lowest BCUT2D eigenvalue weighted by Gasteiger charge is -2.10. The smallest absolute Gasteiger partial charge is 0.254 e. The molecule has 0 spiro atoms. The van der Waals surface area contributed by atoms with Gasteiger partial charge in [0.05, 0.1) is 5.56 Å². The van der Waals surface area contributed by atoms with E-state index in [1.807, 2.05) is 19.0 Å². The molecule has 0 aliphatic rings. The van der Waals surface area contributed by atoms with Crippen molar-refractivity contribution in [3.8, 4) is 0 Å². The Morgan fingerprint density at radius 1 is 1.40 bits per heavy atom. The number of halogens is 1. The number of amides is 1. The van der Waals surface area contributed by atoms with E-state index < -0.39 is 5.82 Å². The average Bonchev–Trinajstić information content (AvgIpc) is 2.17. The van der Waals surface area contributed by atoms with Crippen LogP contribution in [0, 0.1) is 5.82 Å². The quantitative estimate of drug-likeness (QED) is 0.807. The molecule has 0 heterocycles. The molecule has 1 rings (SSSR count). The summed E-state index contributed by atoms with van der Waals surface area (Å²) in [6.07, 6.45) is 0. The molecule has 1 amide bonds. The van der Waals surface area contributed by atoms with E-state index in [1.54, 1.807) is 12.1 Å². The molecule has 0 aromatic heterocycles. The van der Waals surface area contributed by atoms with E-state index in [0.29, 0.717) is 6.54 Å². The number of carbonyl (C=O) groups is 1. The van der Waals surface area contributed by atoms with E-state index >= 15 is 0 Å². The van der Waals surface area contributed by atoms with Crippen LogP contribution in [0.5, 0.6) is 0 Å². The molecule has 15 heavy (non-hydrogen) atoms. The Morgan fingerprint density at radius 2 is 2.07 bits per heavy atom. The van der Waals surface area contributed by atoms with Gasteiger partial charge in [-0.2, -0.15) is 0 Å². The van der Waals surface area contributed by atoms with Crippen LogP contribution in [0.1, 0.15) is 10.4 Å². The summed E-state index contributed by atoms with van der Waals surface area (Å²) >= 11 is 0. The number of hydrogen-bond acceptors (Lipinski definition) is 2. The molecule has 0 saturated heterocycles. The van der Waals surface area contributed by atoms with Crippen molar-refractivity contribution in [2.45, 2.75) is 0 Å². The molecule has 0 atom stereocenters. The largest absolute Gasteiger partial charge is 0.351 e. The number of nitrogens with zero attached hydrogens (tertiary/aromatic N) is 1. The molecule has 0 fully saturated rings. The van der Waals surface area contributed by atoms with Crippen molar-refractivity contribution in [1.82, 2.24) is 10.2 Å². The van der Waals surface area contributed by atoms with Gasteiger partial charge in [0.15, 0.2) is 0 Å². The number of likely N-dealkylation sites (N-methyl/N-ethyl adjacent to an activating group) is 1. The second-order valence-electron chi connectivity index (χ2n) is 3.54. The van der Waals surface area contributed by atoms with Crippen molar-refractivity contribution in [3.05, 3.63) is 35.6 Å². The molecule has 4 heteroatoms. The zero-order valence-corrected chi connectivity index (χ0v) is 8.96. The highest BCUT2D eigenvalue weighted by molar-refractivity contribution is 5.94. The van der Waals surface area contributed by atoms with Gasteiger partial charge >= 0.3 is 0 Å². The first-order valence-electron chi connectivity index (χ1n) is 4.78. The van der Waals surface area contributed by atoms with Gasteiger partial charge < -0.3 is 10.2 Å². The predicted octanol–water partition coefficient (Wildman–Crippen LogP) is 1.12. The van der Waals surface area contributed by atoms with Crippen LogP contribution in [0.2, 0.25) is 0 Å². The third-order valence-corrected chi connectivity index (χ3v) is 1.96. The summed E-state index contributed by atoms with van der Waals surface area (Å²) in [5.41, 5.74) is 0.0938. The van der Waals surface area contributed by atoms with Crippen LogP contribution < -0.4 is 5.32 Å². The Bertz CT molecular complexity index is 339. The predicted molar refractivity (Wildman–Crippen MR) is 57.3 cm³/mol. The minimum Gasteiger partial charge on any atom is -0.351 e. The number of hydrogen-bond donors (Lipinski definition) is 1. The molecule has 82 valence electrons. The van der Waals surface area contributed by atoms with E-state index in [0.717, 1.165) is 6.54 Å². The fraction of sp³-hybridized carbons (Fsp3) is 0.364. The summed E-state index contributed by atoms with van der Waals surface area (Å²) < 4.78 is 13.2. The summed E-state index contributed by atoms with van der Waals surface area (Å²) in [4.78, 5) is 13.4. The summed E-state index contributed by atoms with van der Waals surface area (Å²) in [6.45, 7) is 1.25. The fourth-order valence-corrected chi connectivity index (χ4v) is 1.13. The Hall–Kier alpha value is -1.42. The van der Waals surface area contributed by atoms with Crippen LogP contribution in [0.4, 0.5) is 4.39 Å². The third kappa shape index (κ3) is 3.67. The first-order valence-corrected chi connectivity index (χ1v) is 4.78. The van der Waals surface area contributed by atoms with Gasteiger partial charge in [0.25, 0.3) is 5.91 Å². The maximum Gasteiger partial charge on any atom is 0.254 e. The zero-order chi connectivity index (χ0) is 11.3. The van der Waals surface area contributed by atoms with Crippen molar-refractivity contribution in [1.29, 1.82) is 0 Å². The summed E-state index contributed by atoms with van der Waals surface area (Å²) in [7, 11) is 3.82. The van der Waals surface area contributed by atoms with Crippen molar-refractivity contribution < 1.29 is 9.18 Å². The highest BCUT2D eigenvalue weighted by atomic mass is 19.1. The molecular weight excluding hydrogens is 195 g/mol. The highest BCUT2D eigenvalue weighted by Gasteiger charge is 2.09. The minimum atomic E-state index is -0.486. The van der Waals surface area contributed by atoms with Gasteiger partial charge in [-0.3, -0.25) is 4.79 Å². The van der Waals surface area contributed by atoms with E-state index in [4.69, 9.17) is 0 Å². The maximum atomic E-state index is 13.2. The molecular formula is C11H15FN2O. The van der Waals surface area contributed by atoms with Crippen LogP contribution in [0.15, 0.2) is 24.3 Å². The monoisotopic (exact) mass is 210 g/mol. The molecule has 0 aliphatic carbocycles. The molecule has 0 aliphatic heterocycles. The Morgan fingerprint density at radius 3 is 2.67 bits per heavy atom.